The van der Waals surface area contributed by atoms with E-state index in [2.05, 4.69) is 6.92 Å². The van der Waals surface area contributed by atoms with Crippen LogP contribution in [0.5, 0.6) is 0 Å². The second-order valence-corrected chi connectivity index (χ2v) is 5.58. The SMILES string of the molecule is CCCCCCCCCCS(N)(=O)=O. The molecule has 2 N–H and O–H groups in total. The monoisotopic (exact) mass is 221 g/mol. The van der Waals surface area contributed by atoms with Crippen LogP contribution in [0.15, 0.2) is 0 Å². The number of rotatable bonds is 9. The third-order valence-electron chi connectivity index (χ3n) is 2.28. The molecule has 14 heavy (non-hydrogen) atoms. The molecule has 4 heteroatoms. The summed E-state index contributed by atoms with van der Waals surface area (Å²) >= 11 is 0. The van der Waals surface area contributed by atoms with Crippen LogP contribution in [0.1, 0.15) is 58.3 Å². The Balaban J connectivity index is 3.07. The van der Waals surface area contributed by atoms with Gasteiger partial charge in [-0.15, -0.1) is 0 Å². The van der Waals surface area contributed by atoms with Crippen molar-refractivity contribution >= 4 is 10.0 Å². The van der Waals surface area contributed by atoms with Gasteiger partial charge in [0.2, 0.25) is 10.0 Å². The van der Waals surface area contributed by atoms with Crippen molar-refractivity contribution in [3.63, 3.8) is 0 Å². The molecule has 0 atom stereocenters. The second-order valence-electron chi connectivity index (χ2n) is 3.84. The van der Waals surface area contributed by atoms with E-state index >= 15 is 0 Å². The number of hydrogen-bond acceptors (Lipinski definition) is 2. The van der Waals surface area contributed by atoms with Crippen LogP contribution in [0, 0.1) is 0 Å². The summed E-state index contributed by atoms with van der Waals surface area (Å²) in [5.41, 5.74) is 0. The largest absolute Gasteiger partial charge is 0.229 e. The Morgan fingerprint density at radius 3 is 1.71 bits per heavy atom. The molecule has 0 aliphatic carbocycles. The molecule has 0 rings (SSSR count). The van der Waals surface area contributed by atoms with Gasteiger partial charge < -0.3 is 0 Å². The van der Waals surface area contributed by atoms with Crippen LogP contribution in [-0.2, 0) is 10.0 Å². The first-order valence-corrected chi connectivity index (χ1v) is 7.28. The summed E-state index contributed by atoms with van der Waals surface area (Å²) < 4.78 is 21.2. The van der Waals surface area contributed by atoms with E-state index in [0.717, 1.165) is 12.8 Å². The van der Waals surface area contributed by atoms with Gasteiger partial charge in [-0.25, -0.2) is 13.6 Å². The summed E-state index contributed by atoms with van der Waals surface area (Å²) in [4.78, 5) is 0. The molecule has 3 nitrogen and oxygen atoms in total. The number of hydrogen-bond donors (Lipinski definition) is 1. The Labute approximate surface area is 88.1 Å². The average molecular weight is 221 g/mol. The number of nitrogens with two attached hydrogens (primary N) is 1. The van der Waals surface area contributed by atoms with Gasteiger partial charge in [0.15, 0.2) is 0 Å². The van der Waals surface area contributed by atoms with Gasteiger partial charge in [0.25, 0.3) is 0 Å². The van der Waals surface area contributed by atoms with Crippen LogP contribution in [0.2, 0.25) is 0 Å². The Morgan fingerprint density at radius 2 is 1.29 bits per heavy atom. The van der Waals surface area contributed by atoms with E-state index in [1.54, 1.807) is 0 Å². The van der Waals surface area contributed by atoms with Gasteiger partial charge in [0.1, 0.15) is 0 Å². The lowest BCUT2D eigenvalue weighted by Crippen LogP contribution is -2.16. The van der Waals surface area contributed by atoms with Gasteiger partial charge in [0.05, 0.1) is 5.75 Å². The Morgan fingerprint density at radius 1 is 0.857 bits per heavy atom. The van der Waals surface area contributed by atoms with Crippen molar-refractivity contribution in [1.82, 2.24) is 0 Å². The van der Waals surface area contributed by atoms with E-state index < -0.39 is 10.0 Å². The van der Waals surface area contributed by atoms with Crippen LogP contribution >= 0.6 is 0 Å². The summed E-state index contributed by atoms with van der Waals surface area (Å²) in [6, 6.07) is 0. The highest BCUT2D eigenvalue weighted by Crippen LogP contribution is 2.08. The Hall–Kier alpha value is -0.0900. The molecule has 86 valence electrons. The second kappa shape index (κ2) is 8.24. The fourth-order valence-electron chi connectivity index (χ4n) is 1.44. The first kappa shape index (κ1) is 13.9. The van der Waals surface area contributed by atoms with Crippen molar-refractivity contribution in [1.29, 1.82) is 0 Å². The predicted octanol–water partition coefficient (Wildman–Crippen LogP) is 2.42. The van der Waals surface area contributed by atoms with Gasteiger partial charge in [-0.2, -0.15) is 0 Å². The highest BCUT2D eigenvalue weighted by molar-refractivity contribution is 7.89. The average Bonchev–Trinajstić information content (AvgIpc) is 2.08. The Bertz CT molecular complexity index is 212. The molecule has 0 radical (unpaired) electrons. The molecule has 0 unspecified atom stereocenters. The maximum absolute atomic E-state index is 10.6. The zero-order valence-corrected chi connectivity index (χ0v) is 9.98. The molecule has 0 amide bonds. The van der Waals surface area contributed by atoms with E-state index in [9.17, 15) is 8.42 Å². The molecular formula is C10H23NO2S. The van der Waals surface area contributed by atoms with Gasteiger partial charge in [-0.3, -0.25) is 0 Å². The van der Waals surface area contributed by atoms with Crippen LogP contribution < -0.4 is 5.14 Å². The molecular weight excluding hydrogens is 198 g/mol. The summed E-state index contributed by atoms with van der Waals surface area (Å²) in [5, 5.41) is 4.89. The molecule has 0 fully saturated rings. The molecule has 0 spiro atoms. The maximum atomic E-state index is 10.6. The molecule has 0 aromatic rings. The van der Waals surface area contributed by atoms with Crippen LogP contribution in [0.25, 0.3) is 0 Å². The third-order valence-corrected chi connectivity index (χ3v) is 3.14. The predicted molar refractivity (Wildman–Crippen MR) is 60.6 cm³/mol. The van der Waals surface area contributed by atoms with Crippen molar-refractivity contribution in [2.75, 3.05) is 5.75 Å². The topological polar surface area (TPSA) is 60.2 Å². The van der Waals surface area contributed by atoms with Crippen molar-refractivity contribution < 1.29 is 8.42 Å². The van der Waals surface area contributed by atoms with Gasteiger partial charge in [-0.05, 0) is 6.42 Å². The highest BCUT2D eigenvalue weighted by Gasteiger charge is 2.00. The highest BCUT2D eigenvalue weighted by atomic mass is 32.2. The van der Waals surface area contributed by atoms with Crippen LogP contribution in [-0.4, -0.2) is 14.2 Å². The number of unbranched alkanes of at least 4 members (excludes halogenated alkanes) is 7. The molecule has 0 saturated heterocycles. The van der Waals surface area contributed by atoms with Crippen LogP contribution in [0.3, 0.4) is 0 Å². The molecule has 0 heterocycles. The molecule has 0 bridgehead atoms. The summed E-state index contributed by atoms with van der Waals surface area (Å²) in [7, 11) is -3.23. The van der Waals surface area contributed by atoms with Gasteiger partial charge in [-0.1, -0.05) is 51.9 Å². The van der Waals surface area contributed by atoms with Gasteiger partial charge in [0, 0.05) is 0 Å². The molecule has 0 aliphatic rings. The number of primary sulfonamides is 1. The van der Waals surface area contributed by atoms with E-state index in [-0.39, 0.29) is 5.75 Å². The van der Waals surface area contributed by atoms with E-state index in [1.165, 1.54) is 32.1 Å². The molecule has 0 saturated carbocycles. The van der Waals surface area contributed by atoms with Crippen molar-refractivity contribution in [2.45, 2.75) is 58.3 Å². The maximum Gasteiger partial charge on any atom is 0.209 e. The standard InChI is InChI=1S/C10H23NO2S/c1-2-3-4-5-6-7-8-9-10-14(11,12)13/h2-10H2,1H3,(H2,11,12,13). The zero-order chi connectivity index (χ0) is 10.9. The summed E-state index contributed by atoms with van der Waals surface area (Å²) in [6.07, 6.45) is 9.25. The van der Waals surface area contributed by atoms with E-state index in [0.29, 0.717) is 6.42 Å². The lowest BCUT2D eigenvalue weighted by molar-refractivity contribution is 0.573. The van der Waals surface area contributed by atoms with Crippen molar-refractivity contribution in [3.8, 4) is 0 Å². The summed E-state index contributed by atoms with van der Waals surface area (Å²) in [6.45, 7) is 2.20. The Kier molecular flexibility index (Phi) is 8.18. The third kappa shape index (κ3) is 11.9. The summed E-state index contributed by atoms with van der Waals surface area (Å²) in [5.74, 6) is 0.141. The first-order chi connectivity index (χ1) is 6.56. The number of sulfonamides is 1. The zero-order valence-electron chi connectivity index (χ0n) is 9.17. The first-order valence-electron chi connectivity index (χ1n) is 5.56. The van der Waals surface area contributed by atoms with Crippen molar-refractivity contribution in [2.24, 2.45) is 5.14 Å². The minimum absolute atomic E-state index is 0.141. The lowest BCUT2D eigenvalue weighted by atomic mass is 10.1. The fourth-order valence-corrected chi connectivity index (χ4v) is 2.04. The smallest absolute Gasteiger partial charge is 0.209 e. The molecule has 0 aromatic carbocycles. The van der Waals surface area contributed by atoms with Crippen molar-refractivity contribution in [3.05, 3.63) is 0 Å². The minimum atomic E-state index is -3.23. The molecule has 0 aromatic heterocycles. The minimum Gasteiger partial charge on any atom is -0.229 e. The molecule has 0 aliphatic heterocycles. The van der Waals surface area contributed by atoms with Crippen LogP contribution in [0.4, 0.5) is 0 Å². The fraction of sp³-hybridized carbons (Fsp3) is 1.00. The van der Waals surface area contributed by atoms with E-state index in [4.69, 9.17) is 5.14 Å². The quantitative estimate of drug-likeness (QED) is 0.608. The lowest BCUT2D eigenvalue weighted by Gasteiger charge is -2.00. The normalized spacial score (nSPS) is 11.9. The van der Waals surface area contributed by atoms with Gasteiger partial charge >= 0.3 is 0 Å². The van der Waals surface area contributed by atoms with E-state index in [1.807, 2.05) is 0 Å².